The van der Waals surface area contributed by atoms with E-state index in [-0.39, 0.29) is 11.8 Å². The molecule has 4 rings (SSSR count). The number of hydrogen-bond donors (Lipinski definition) is 1. The summed E-state index contributed by atoms with van der Waals surface area (Å²) in [4.78, 5) is 32.8. The van der Waals surface area contributed by atoms with Crippen LogP contribution in [0.1, 0.15) is 41.3 Å². The molecule has 1 atom stereocenters. The van der Waals surface area contributed by atoms with Crippen molar-refractivity contribution in [2.45, 2.75) is 31.7 Å². The Labute approximate surface area is 184 Å². The minimum atomic E-state index is -0.653. The molecule has 154 valence electrons. The molecule has 1 aliphatic rings. The molecule has 1 unspecified atom stereocenters. The number of anilines is 1. The average Bonchev–Trinajstić information content (AvgIpc) is 3.17. The highest BCUT2D eigenvalue weighted by Gasteiger charge is 2.33. The Bertz CT molecular complexity index is 1040. The minimum absolute atomic E-state index is 0.0195. The van der Waals surface area contributed by atoms with Gasteiger partial charge in [-0.25, -0.2) is 4.98 Å². The number of halogens is 1. The monoisotopic (exact) mass is 439 g/mol. The van der Waals surface area contributed by atoms with Gasteiger partial charge in [0.1, 0.15) is 6.04 Å². The number of benzene rings is 2. The number of nitrogens with one attached hydrogen (secondary N) is 1. The van der Waals surface area contributed by atoms with Crippen LogP contribution >= 0.6 is 22.9 Å². The van der Waals surface area contributed by atoms with Gasteiger partial charge in [0.2, 0.25) is 5.91 Å². The van der Waals surface area contributed by atoms with Gasteiger partial charge in [0.15, 0.2) is 5.13 Å². The molecule has 5 nitrogen and oxygen atoms in total. The highest BCUT2D eigenvalue weighted by Crippen LogP contribution is 2.28. The fraction of sp³-hybridized carbons (Fsp3) is 0.261. The second kappa shape index (κ2) is 9.41. The number of rotatable bonds is 6. The Balaban J connectivity index is 1.51. The zero-order chi connectivity index (χ0) is 20.9. The second-order valence-electron chi connectivity index (χ2n) is 7.29. The van der Waals surface area contributed by atoms with E-state index in [0.717, 1.165) is 28.8 Å². The summed E-state index contributed by atoms with van der Waals surface area (Å²) in [6.45, 7) is 0.587. The summed E-state index contributed by atoms with van der Waals surface area (Å²) in [6, 6.07) is 16.5. The van der Waals surface area contributed by atoms with E-state index in [4.69, 9.17) is 11.6 Å². The largest absolute Gasteiger partial charge is 0.327 e. The number of carbonyl (C=O) groups is 2. The van der Waals surface area contributed by atoms with Gasteiger partial charge in [-0.05, 0) is 36.1 Å². The Kier molecular flexibility index (Phi) is 6.45. The third-order valence-electron chi connectivity index (χ3n) is 5.09. The lowest BCUT2D eigenvalue weighted by Crippen LogP contribution is -2.43. The molecule has 30 heavy (non-hydrogen) atoms. The number of likely N-dealkylation sites (tertiary alicyclic amines) is 1. The lowest BCUT2D eigenvalue weighted by Gasteiger charge is -2.33. The predicted octanol–water partition coefficient (Wildman–Crippen LogP) is 5.08. The smallest absolute Gasteiger partial charge is 0.253 e. The zero-order valence-electron chi connectivity index (χ0n) is 16.4. The Morgan fingerprint density at radius 3 is 2.77 bits per heavy atom. The van der Waals surface area contributed by atoms with Crippen LogP contribution in [0.3, 0.4) is 0 Å². The highest BCUT2D eigenvalue weighted by molar-refractivity contribution is 7.15. The van der Waals surface area contributed by atoms with Crippen LogP contribution in [0.25, 0.3) is 0 Å². The first kappa shape index (κ1) is 20.6. The second-order valence-corrected chi connectivity index (χ2v) is 8.84. The van der Waals surface area contributed by atoms with Crippen molar-refractivity contribution in [2.24, 2.45) is 0 Å². The summed E-state index contributed by atoms with van der Waals surface area (Å²) in [5.74, 6) is -0.217. The number of amides is 2. The molecule has 2 amide bonds. The molecule has 7 heteroatoms. The van der Waals surface area contributed by atoms with Crippen LogP contribution in [-0.2, 0) is 16.0 Å². The van der Waals surface area contributed by atoms with Crippen molar-refractivity contribution >= 4 is 39.9 Å². The van der Waals surface area contributed by atoms with E-state index in [0.29, 0.717) is 29.5 Å². The molecule has 0 saturated carbocycles. The lowest BCUT2D eigenvalue weighted by molar-refractivity contribution is -0.141. The standard InChI is InChI=1S/C23H22ClN3O2S/c24-18-10-6-7-16(13-18)14-19-15-25-23(30-19)26-22(29)21(17-8-2-1-3-9-17)27-12-5-4-11-20(27)28/h1-3,6-10,13,15,21H,4-5,11-12,14H2,(H,25,26,29). The number of piperidine rings is 1. The van der Waals surface area contributed by atoms with Gasteiger partial charge in [0, 0.05) is 35.5 Å². The first-order chi connectivity index (χ1) is 14.6. The van der Waals surface area contributed by atoms with Gasteiger partial charge in [0.05, 0.1) is 0 Å². The van der Waals surface area contributed by atoms with Crippen LogP contribution in [-0.4, -0.2) is 28.2 Å². The highest BCUT2D eigenvalue weighted by atomic mass is 35.5. The van der Waals surface area contributed by atoms with Gasteiger partial charge in [-0.2, -0.15) is 0 Å². The van der Waals surface area contributed by atoms with Crippen LogP contribution in [0.2, 0.25) is 5.02 Å². The minimum Gasteiger partial charge on any atom is -0.327 e. The van der Waals surface area contributed by atoms with E-state index in [1.54, 1.807) is 11.1 Å². The van der Waals surface area contributed by atoms with Gasteiger partial charge in [-0.15, -0.1) is 11.3 Å². The summed E-state index contributed by atoms with van der Waals surface area (Å²) in [6.07, 6.45) is 4.73. The Hall–Kier alpha value is -2.70. The Morgan fingerprint density at radius 1 is 1.17 bits per heavy atom. The van der Waals surface area contributed by atoms with Crippen molar-refractivity contribution < 1.29 is 9.59 Å². The summed E-state index contributed by atoms with van der Waals surface area (Å²) >= 11 is 7.49. The molecule has 1 fully saturated rings. The molecule has 0 spiro atoms. The Morgan fingerprint density at radius 2 is 2.00 bits per heavy atom. The topological polar surface area (TPSA) is 62.3 Å². The van der Waals surface area contributed by atoms with Gasteiger partial charge in [-0.1, -0.05) is 54.1 Å². The molecule has 0 radical (unpaired) electrons. The molecule has 0 bridgehead atoms. The average molecular weight is 440 g/mol. The van der Waals surface area contributed by atoms with Crippen molar-refractivity contribution in [1.29, 1.82) is 0 Å². The summed E-state index contributed by atoms with van der Waals surface area (Å²) < 4.78 is 0. The zero-order valence-corrected chi connectivity index (χ0v) is 18.0. The van der Waals surface area contributed by atoms with Crippen molar-refractivity contribution in [2.75, 3.05) is 11.9 Å². The van der Waals surface area contributed by atoms with E-state index in [2.05, 4.69) is 10.3 Å². The quantitative estimate of drug-likeness (QED) is 0.582. The molecule has 2 aromatic carbocycles. The van der Waals surface area contributed by atoms with E-state index >= 15 is 0 Å². The number of carbonyl (C=O) groups excluding carboxylic acids is 2. The van der Waals surface area contributed by atoms with Crippen LogP contribution in [0.4, 0.5) is 5.13 Å². The van der Waals surface area contributed by atoms with E-state index in [9.17, 15) is 9.59 Å². The number of hydrogen-bond acceptors (Lipinski definition) is 4. The molecule has 3 aromatic rings. The molecular weight excluding hydrogens is 418 g/mol. The fourth-order valence-corrected chi connectivity index (χ4v) is 4.74. The van der Waals surface area contributed by atoms with Crippen LogP contribution < -0.4 is 5.32 Å². The molecule has 1 saturated heterocycles. The number of thiazole rings is 1. The fourth-order valence-electron chi connectivity index (χ4n) is 3.68. The molecule has 0 aliphatic carbocycles. The van der Waals surface area contributed by atoms with Crippen molar-refractivity contribution in [3.63, 3.8) is 0 Å². The van der Waals surface area contributed by atoms with Crippen LogP contribution in [0, 0.1) is 0 Å². The van der Waals surface area contributed by atoms with Gasteiger partial charge >= 0.3 is 0 Å². The van der Waals surface area contributed by atoms with Crippen molar-refractivity contribution in [3.05, 3.63) is 81.8 Å². The normalized spacial score (nSPS) is 15.1. The van der Waals surface area contributed by atoms with Gasteiger partial charge in [0.25, 0.3) is 5.91 Å². The maximum absolute atomic E-state index is 13.2. The van der Waals surface area contributed by atoms with Gasteiger partial charge in [-0.3, -0.25) is 14.9 Å². The molecule has 1 aromatic heterocycles. The molecule has 2 heterocycles. The lowest BCUT2D eigenvalue weighted by atomic mass is 10.0. The summed E-state index contributed by atoms with van der Waals surface area (Å²) in [5, 5.41) is 4.15. The summed E-state index contributed by atoms with van der Waals surface area (Å²) in [7, 11) is 0. The maximum Gasteiger partial charge on any atom is 0.253 e. The van der Waals surface area contributed by atoms with E-state index in [1.807, 2.05) is 54.6 Å². The van der Waals surface area contributed by atoms with Crippen LogP contribution in [0.5, 0.6) is 0 Å². The summed E-state index contributed by atoms with van der Waals surface area (Å²) in [5.41, 5.74) is 1.89. The first-order valence-electron chi connectivity index (χ1n) is 9.94. The number of aromatic nitrogens is 1. The molecule has 1 aliphatic heterocycles. The van der Waals surface area contributed by atoms with Crippen LogP contribution in [0.15, 0.2) is 60.8 Å². The van der Waals surface area contributed by atoms with E-state index < -0.39 is 6.04 Å². The van der Waals surface area contributed by atoms with Gasteiger partial charge < -0.3 is 4.90 Å². The SMILES string of the molecule is O=C(Nc1ncc(Cc2cccc(Cl)c2)s1)C(c1ccccc1)N1CCCCC1=O. The third kappa shape index (κ3) is 4.89. The molecule has 1 N–H and O–H groups in total. The first-order valence-corrected chi connectivity index (χ1v) is 11.1. The molecular formula is C23H22ClN3O2S. The van der Waals surface area contributed by atoms with Crippen molar-refractivity contribution in [3.8, 4) is 0 Å². The third-order valence-corrected chi connectivity index (χ3v) is 6.23. The van der Waals surface area contributed by atoms with Crippen molar-refractivity contribution in [1.82, 2.24) is 9.88 Å². The maximum atomic E-state index is 13.2. The van der Waals surface area contributed by atoms with E-state index in [1.165, 1.54) is 11.3 Å². The number of nitrogens with zero attached hydrogens (tertiary/aromatic N) is 2. The predicted molar refractivity (Wildman–Crippen MR) is 120 cm³/mol.